The maximum atomic E-state index is 3.73. The van der Waals surface area contributed by atoms with Crippen LogP contribution in [-0.2, 0) is 6.42 Å². The van der Waals surface area contributed by atoms with E-state index < -0.39 is 0 Å². The van der Waals surface area contributed by atoms with Crippen molar-refractivity contribution in [2.45, 2.75) is 12.8 Å². The molecule has 0 aromatic carbocycles. The molecule has 1 aromatic rings. The van der Waals surface area contributed by atoms with Gasteiger partial charge < -0.3 is 0 Å². The van der Waals surface area contributed by atoms with Gasteiger partial charge in [-0.25, -0.2) is 0 Å². The molecule has 0 nitrogen and oxygen atoms in total. The molecule has 56 valence electrons. The summed E-state index contributed by atoms with van der Waals surface area (Å²) < 4.78 is 0. The lowest BCUT2D eigenvalue weighted by atomic mass is 10.2. The predicted octanol–water partition coefficient (Wildman–Crippen LogP) is 3.26. The van der Waals surface area contributed by atoms with Gasteiger partial charge in [0.15, 0.2) is 0 Å². The number of thiophene rings is 1. The molecule has 2 rings (SSSR count). The van der Waals surface area contributed by atoms with E-state index >= 15 is 0 Å². The molecule has 0 aliphatic heterocycles. The molecule has 0 fully saturated rings. The van der Waals surface area contributed by atoms with Gasteiger partial charge in [0, 0.05) is 11.3 Å². The average Bonchev–Trinajstić information content (AvgIpc) is 2.46. The van der Waals surface area contributed by atoms with Crippen molar-refractivity contribution in [3.63, 3.8) is 0 Å². The minimum atomic E-state index is 1.04. The predicted molar refractivity (Wildman–Crippen MR) is 50.8 cm³/mol. The van der Waals surface area contributed by atoms with Crippen LogP contribution in [0.15, 0.2) is 29.7 Å². The minimum absolute atomic E-state index is 1.04. The molecule has 0 amide bonds. The van der Waals surface area contributed by atoms with Gasteiger partial charge in [-0.1, -0.05) is 17.7 Å². The standard InChI is InChI=1S/C10H10S/c1-2-3-8-6-9-4-5-11-10(9)7-8/h2,4-6H,1,3,7H2. The smallest absolute Gasteiger partial charge is 0.0158 e. The Labute approximate surface area is 70.9 Å². The fraction of sp³-hybridized carbons (Fsp3) is 0.200. The zero-order valence-corrected chi connectivity index (χ0v) is 7.16. The molecule has 0 radical (unpaired) electrons. The Morgan fingerprint density at radius 1 is 1.64 bits per heavy atom. The van der Waals surface area contributed by atoms with Crippen LogP contribution in [0.4, 0.5) is 0 Å². The van der Waals surface area contributed by atoms with Crippen molar-refractivity contribution < 1.29 is 0 Å². The molecule has 1 aliphatic rings. The first-order valence-electron chi connectivity index (χ1n) is 3.77. The number of rotatable bonds is 2. The summed E-state index contributed by atoms with van der Waals surface area (Å²) in [5.41, 5.74) is 2.92. The molecule has 0 saturated heterocycles. The highest BCUT2D eigenvalue weighted by molar-refractivity contribution is 7.10. The van der Waals surface area contributed by atoms with Crippen molar-refractivity contribution in [2.24, 2.45) is 0 Å². The monoisotopic (exact) mass is 162 g/mol. The molecule has 0 N–H and O–H groups in total. The topological polar surface area (TPSA) is 0 Å². The van der Waals surface area contributed by atoms with E-state index in [-0.39, 0.29) is 0 Å². The molecular formula is C10H10S. The average molecular weight is 162 g/mol. The van der Waals surface area contributed by atoms with Gasteiger partial charge in [-0.15, -0.1) is 17.9 Å². The Morgan fingerprint density at radius 2 is 2.55 bits per heavy atom. The van der Waals surface area contributed by atoms with Crippen LogP contribution in [0.1, 0.15) is 16.9 Å². The summed E-state index contributed by atoms with van der Waals surface area (Å²) in [6, 6.07) is 2.19. The van der Waals surface area contributed by atoms with Crippen LogP contribution in [-0.4, -0.2) is 0 Å². The molecule has 0 atom stereocenters. The molecule has 0 spiro atoms. The number of fused-ring (bicyclic) bond motifs is 1. The van der Waals surface area contributed by atoms with Crippen LogP contribution in [0.2, 0.25) is 0 Å². The van der Waals surface area contributed by atoms with Crippen LogP contribution in [0.5, 0.6) is 0 Å². The highest BCUT2D eigenvalue weighted by atomic mass is 32.1. The van der Waals surface area contributed by atoms with Crippen molar-refractivity contribution in [1.82, 2.24) is 0 Å². The first-order chi connectivity index (χ1) is 5.40. The van der Waals surface area contributed by atoms with Crippen LogP contribution in [0.25, 0.3) is 6.08 Å². The Kier molecular flexibility index (Phi) is 1.66. The largest absolute Gasteiger partial charge is 0.148 e. The summed E-state index contributed by atoms with van der Waals surface area (Å²) in [4.78, 5) is 1.52. The number of hydrogen-bond acceptors (Lipinski definition) is 1. The van der Waals surface area contributed by atoms with Gasteiger partial charge >= 0.3 is 0 Å². The summed E-state index contributed by atoms with van der Waals surface area (Å²) in [6.45, 7) is 3.73. The zero-order chi connectivity index (χ0) is 7.68. The lowest BCUT2D eigenvalue weighted by Crippen LogP contribution is -1.78. The van der Waals surface area contributed by atoms with E-state index in [1.807, 2.05) is 17.4 Å². The highest BCUT2D eigenvalue weighted by Gasteiger charge is 2.11. The maximum Gasteiger partial charge on any atom is 0.0158 e. The molecule has 0 saturated carbocycles. The Balaban J connectivity index is 2.24. The van der Waals surface area contributed by atoms with Gasteiger partial charge in [-0.05, 0) is 23.4 Å². The quantitative estimate of drug-likeness (QED) is 0.585. The van der Waals surface area contributed by atoms with Gasteiger partial charge in [-0.3, -0.25) is 0 Å². The number of allylic oxidation sites excluding steroid dienone is 2. The molecule has 1 heteroatoms. The van der Waals surface area contributed by atoms with Crippen LogP contribution in [0.3, 0.4) is 0 Å². The van der Waals surface area contributed by atoms with Gasteiger partial charge in [-0.2, -0.15) is 0 Å². The van der Waals surface area contributed by atoms with Crippen molar-refractivity contribution in [1.29, 1.82) is 0 Å². The van der Waals surface area contributed by atoms with Crippen molar-refractivity contribution in [3.8, 4) is 0 Å². The molecule has 1 aliphatic carbocycles. The summed E-state index contributed by atoms with van der Waals surface area (Å²) >= 11 is 1.86. The third-order valence-corrected chi connectivity index (χ3v) is 2.87. The fourth-order valence-corrected chi connectivity index (χ4v) is 2.33. The van der Waals surface area contributed by atoms with Gasteiger partial charge in [0.1, 0.15) is 0 Å². The molecule has 1 aromatic heterocycles. The SMILES string of the molecule is C=CCC1=Cc2ccsc2C1. The first-order valence-corrected chi connectivity index (χ1v) is 4.65. The van der Waals surface area contributed by atoms with E-state index in [0.29, 0.717) is 0 Å². The number of hydrogen-bond donors (Lipinski definition) is 0. The summed E-state index contributed by atoms with van der Waals surface area (Å²) in [6.07, 6.45) is 6.45. The molecule has 11 heavy (non-hydrogen) atoms. The molecule has 1 heterocycles. The lowest BCUT2D eigenvalue weighted by molar-refractivity contribution is 1.13. The van der Waals surface area contributed by atoms with Crippen molar-refractivity contribution in [3.05, 3.63) is 40.1 Å². The second-order valence-corrected chi connectivity index (χ2v) is 3.77. The summed E-state index contributed by atoms with van der Waals surface area (Å²) in [7, 11) is 0. The highest BCUT2D eigenvalue weighted by Crippen LogP contribution is 2.30. The molecule has 0 bridgehead atoms. The molecular weight excluding hydrogens is 152 g/mol. The Morgan fingerprint density at radius 3 is 3.27 bits per heavy atom. The van der Waals surface area contributed by atoms with E-state index in [2.05, 4.69) is 24.1 Å². The second kappa shape index (κ2) is 2.67. The van der Waals surface area contributed by atoms with Crippen molar-refractivity contribution >= 4 is 17.4 Å². The van der Waals surface area contributed by atoms with E-state index in [4.69, 9.17) is 0 Å². The maximum absolute atomic E-state index is 3.73. The van der Waals surface area contributed by atoms with Crippen molar-refractivity contribution in [2.75, 3.05) is 0 Å². The van der Waals surface area contributed by atoms with E-state index in [9.17, 15) is 0 Å². The Bertz CT molecular complexity index is 304. The second-order valence-electron chi connectivity index (χ2n) is 2.77. The van der Waals surface area contributed by atoms with E-state index in [0.717, 1.165) is 12.8 Å². The lowest BCUT2D eigenvalue weighted by Gasteiger charge is -1.92. The zero-order valence-electron chi connectivity index (χ0n) is 6.34. The fourth-order valence-electron chi connectivity index (χ4n) is 1.42. The first kappa shape index (κ1) is 6.86. The third kappa shape index (κ3) is 1.16. The minimum Gasteiger partial charge on any atom is -0.148 e. The van der Waals surface area contributed by atoms with Crippen LogP contribution in [0, 0.1) is 0 Å². The Hall–Kier alpha value is -0.820. The summed E-state index contributed by atoms with van der Waals surface area (Å²) in [5.74, 6) is 0. The van der Waals surface area contributed by atoms with E-state index in [1.54, 1.807) is 0 Å². The summed E-state index contributed by atoms with van der Waals surface area (Å²) in [5, 5.41) is 2.16. The third-order valence-electron chi connectivity index (χ3n) is 1.93. The van der Waals surface area contributed by atoms with Crippen LogP contribution < -0.4 is 0 Å². The van der Waals surface area contributed by atoms with Gasteiger partial charge in [0.25, 0.3) is 0 Å². The molecule has 0 unspecified atom stereocenters. The van der Waals surface area contributed by atoms with Crippen LogP contribution >= 0.6 is 11.3 Å². The van der Waals surface area contributed by atoms with Gasteiger partial charge in [0.2, 0.25) is 0 Å². The van der Waals surface area contributed by atoms with Gasteiger partial charge in [0.05, 0.1) is 0 Å². The normalized spacial score (nSPS) is 14.4. The van der Waals surface area contributed by atoms with E-state index in [1.165, 1.54) is 16.0 Å².